The minimum absolute atomic E-state index is 0.0710. The molecule has 2 aromatic heterocycles. The summed E-state index contributed by atoms with van der Waals surface area (Å²) in [4.78, 5) is 20.7. The molecule has 1 fully saturated rings. The van der Waals surface area contributed by atoms with Crippen molar-refractivity contribution in [3.05, 3.63) is 53.4 Å². The molecular weight excluding hydrogens is 388 g/mol. The number of nitrogens with zero attached hydrogens (tertiary/aromatic N) is 1. The molecule has 148 valence electrons. The van der Waals surface area contributed by atoms with Crippen molar-refractivity contribution in [3.63, 3.8) is 0 Å². The molecule has 3 aliphatic rings. The maximum Gasteiger partial charge on any atom is 0.175 e. The summed E-state index contributed by atoms with van der Waals surface area (Å²) in [6, 6.07) is 11.9. The molecule has 9 heteroatoms. The lowest BCUT2D eigenvalue weighted by Crippen LogP contribution is -2.53. The number of ketones is 1. The first-order valence-electron chi connectivity index (χ1n) is 9.70. The summed E-state index contributed by atoms with van der Waals surface area (Å²) in [5.74, 6) is 1.09. The third-order valence-electron chi connectivity index (χ3n) is 5.78. The molecule has 3 unspecified atom stereocenters. The normalized spacial score (nSPS) is 26.5. The van der Waals surface area contributed by atoms with Crippen molar-refractivity contribution >= 4 is 28.6 Å². The van der Waals surface area contributed by atoms with E-state index in [4.69, 9.17) is 4.42 Å². The smallest absolute Gasteiger partial charge is 0.175 e. The molecule has 1 saturated heterocycles. The Kier molecular flexibility index (Phi) is 4.01. The first-order chi connectivity index (χ1) is 14.3. The van der Waals surface area contributed by atoms with Crippen LogP contribution in [0.1, 0.15) is 11.7 Å². The Morgan fingerprint density at radius 3 is 3.00 bits per heavy atom. The Morgan fingerprint density at radius 1 is 1.14 bits per heavy atom. The summed E-state index contributed by atoms with van der Waals surface area (Å²) < 4.78 is 6.24. The van der Waals surface area contributed by atoms with E-state index in [-0.39, 0.29) is 23.8 Å². The Balaban J connectivity index is 1.34. The van der Waals surface area contributed by atoms with Crippen LogP contribution in [0.4, 0.5) is 0 Å². The second-order valence-corrected chi connectivity index (χ2v) is 8.52. The molecule has 3 aromatic rings. The van der Waals surface area contributed by atoms with Crippen LogP contribution in [-0.2, 0) is 4.79 Å². The number of hydrazine groups is 1. The van der Waals surface area contributed by atoms with Crippen LogP contribution in [-0.4, -0.2) is 41.6 Å². The number of furan rings is 1. The van der Waals surface area contributed by atoms with E-state index in [0.29, 0.717) is 13.1 Å². The number of nitrogens with one attached hydrogen (secondary N) is 5. The summed E-state index contributed by atoms with van der Waals surface area (Å²) >= 11 is 1.46. The minimum Gasteiger partial charge on any atom is -0.454 e. The lowest BCUT2D eigenvalue weighted by molar-refractivity contribution is -0.115. The average Bonchev–Trinajstić information content (AvgIpc) is 3.45. The van der Waals surface area contributed by atoms with Gasteiger partial charge in [0.1, 0.15) is 5.76 Å². The maximum absolute atomic E-state index is 12.7. The minimum atomic E-state index is -0.0710. The standard InChI is InChI=1S/C20H20N6O2S/c27-14-9-21-8-13-18(14)17(10-7-22-26-19(10)23-13)15-5-6-16(28-15)29-20-24-11-3-1-2-4-12(11)25-20/h1-6,10,17,19,21-23,26H,7-9H2,(H,24,25). The molecule has 6 rings (SSSR count). The molecule has 0 saturated carbocycles. The number of rotatable bonds is 3. The van der Waals surface area contributed by atoms with Gasteiger partial charge in [0.15, 0.2) is 16.0 Å². The fourth-order valence-corrected chi connectivity index (χ4v) is 5.27. The third kappa shape index (κ3) is 2.89. The van der Waals surface area contributed by atoms with Gasteiger partial charge in [-0.25, -0.2) is 10.4 Å². The molecule has 0 aliphatic carbocycles. The van der Waals surface area contributed by atoms with Crippen LogP contribution in [0.25, 0.3) is 11.0 Å². The third-order valence-corrected chi connectivity index (χ3v) is 6.59. The van der Waals surface area contributed by atoms with Gasteiger partial charge in [-0.2, -0.15) is 0 Å². The molecule has 5 heterocycles. The van der Waals surface area contributed by atoms with E-state index >= 15 is 0 Å². The van der Waals surface area contributed by atoms with Gasteiger partial charge in [-0.15, -0.1) is 0 Å². The number of carbonyl (C=O) groups is 1. The van der Waals surface area contributed by atoms with Gasteiger partial charge < -0.3 is 20.0 Å². The lowest BCUT2D eigenvalue weighted by Gasteiger charge is -2.38. The van der Waals surface area contributed by atoms with Crippen LogP contribution >= 0.6 is 11.8 Å². The first kappa shape index (κ1) is 17.3. The van der Waals surface area contributed by atoms with Crippen molar-refractivity contribution in [2.24, 2.45) is 5.92 Å². The average molecular weight is 408 g/mol. The number of aromatic nitrogens is 2. The van der Waals surface area contributed by atoms with E-state index in [1.54, 1.807) is 0 Å². The highest BCUT2D eigenvalue weighted by Gasteiger charge is 2.46. The first-order valence-corrected chi connectivity index (χ1v) is 10.5. The van der Waals surface area contributed by atoms with Crippen molar-refractivity contribution in [2.75, 3.05) is 19.6 Å². The number of benzene rings is 1. The molecule has 0 radical (unpaired) electrons. The van der Waals surface area contributed by atoms with E-state index in [2.05, 4.69) is 31.5 Å². The maximum atomic E-state index is 12.7. The molecular formula is C20H20N6O2S. The lowest BCUT2D eigenvalue weighted by atomic mass is 9.76. The fraction of sp³-hybridized carbons (Fsp3) is 0.300. The number of H-pyrrole nitrogens is 1. The van der Waals surface area contributed by atoms with Crippen LogP contribution in [0.5, 0.6) is 0 Å². The number of para-hydroxylation sites is 2. The number of fused-ring (bicyclic) bond motifs is 2. The van der Waals surface area contributed by atoms with Crippen molar-refractivity contribution in [1.29, 1.82) is 0 Å². The largest absolute Gasteiger partial charge is 0.454 e. The van der Waals surface area contributed by atoms with Gasteiger partial charge in [0.05, 0.1) is 29.7 Å². The molecule has 1 aromatic carbocycles. The molecule has 0 amide bonds. The zero-order valence-corrected chi connectivity index (χ0v) is 16.3. The van der Waals surface area contributed by atoms with Crippen molar-refractivity contribution in [1.82, 2.24) is 31.5 Å². The van der Waals surface area contributed by atoms with Crippen molar-refractivity contribution in [3.8, 4) is 0 Å². The Bertz CT molecular complexity index is 1100. The summed E-state index contributed by atoms with van der Waals surface area (Å²) in [7, 11) is 0. The van der Waals surface area contributed by atoms with Crippen molar-refractivity contribution in [2.45, 2.75) is 22.3 Å². The van der Waals surface area contributed by atoms with E-state index in [0.717, 1.165) is 44.9 Å². The highest BCUT2D eigenvalue weighted by Crippen LogP contribution is 2.42. The topological polar surface area (TPSA) is 107 Å². The van der Waals surface area contributed by atoms with Gasteiger partial charge in [-0.1, -0.05) is 12.1 Å². The van der Waals surface area contributed by atoms with E-state index in [9.17, 15) is 4.79 Å². The molecule has 29 heavy (non-hydrogen) atoms. The summed E-state index contributed by atoms with van der Waals surface area (Å²) in [6.07, 6.45) is 0.0722. The van der Waals surface area contributed by atoms with E-state index < -0.39 is 0 Å². The highest BCUT2D eigenvalue weighted by molar-refractivity contribution is 7.99. The SMILES string of the molecule is O=C1CNCC2=C1C(c1ccc(Sc3nc4ccccc4[nH]3)o1)C1CNNC1N2. The number of carbonyl (C=O) groups excluding carboxylic acids is 1. The molecule has 3 aliphatic heterocycles. The molecule has 8 nitrogen and oxygen atoms in total. The van der Waals surface area contributed by atoms with Crippen LogP contribution in [0.2, 0.25) is 0 Å². The van der Waals surface area contributed by atoms with E-state index in [1.165, 1.54) is 11.8 Å². The number of hydrogen-bond donors (Lipinski definition) is 5. The molecule has 5 N–H and O–H groups in total. The number of hydrogen-bond acceptors (Lipinski definition) is 8. The van der Waals surface area contributed by atoms with Gasteiger partial charge in [-0.3, -0.25) is 10.2 Å². The van der Waals surface area contributed by atoms with Crippen molar-refractivity contribution < 1.29 is 9.21 Å². The molecule has 0 spiro atoms. The van der Waals surface area contributed by atoms with Gasteiger partial charge in [0.25, 0.3) is 0 Å². The quantitative estimate of drug-likeness (QED) is 0.444. The van der Waals surface area contributed by atoms with Gasteiger partial charge >= 0.3 is 0 Å². The predicted octanol–water partition coefficient (Wildman–Crippen LogP) is 1.47. The fourth-order valence-electron chi connectivity index (χ4n) is 4.50. The van der Waals surface area contributed by atoms with Gasteiger partial charge in [0.2, 0.25) is 0 Å². The highest BCUT2D eigenvalue weighted by atomic mass is 32.2. The van der Waals surface area contributed by atoms with Gasteiger partial charge in [0, 0.05) is 30.3 Å². The second-order valence-electron chi connectivity index (χ2n) is 7.53. The number of aromatic amines is 1. The summed E-state index contributed by atoms with van der Waals surface area (Å²) in [6.45, 7) is 1.81. The predicted molar refractivity (Wildman–Crippen MR) is 108 cm³/mol. The van der Waals surface area contributed by atoms with Crippen LogP contribution in [0.15, 0.2) is 62.3 Å². The zero-order valence-electron chi connectivity index (χ0n) is 15.5. The Hall–Kier alpha value is -2.59. The monoisotopic (exact) mass is 408 g/mol. The van der Waals surface area contributed by atoms with Crippen LogP contribution in [0, 0.1) is 5.92 Å². The summed E-state index contributed by atoms with van der Waals surface area (Å²) in [5, 5.41) is 8.19. The summed E-state index contributed by atoms with van der Waals surface area (Å²) in [5.41, 5.74) is 10.2. The Labute approximate surface area is 170 Å². The number of imidazole rings is 1. The molecule has 0 bridgehead atoms. The Morgan fingerprint density at radius 2 is 2.07 bits per heavy atom. The number of Topliss-reactive ketones (excluding diaryl/α,β-unsaturated/α-hetero) is 1. The van der Waals surface area contributed by atoms with Crippen LogP contribution < -0.4 is 21.5 Å². The second kappa shape index (κ2) is 6.74. The molecule has 3 atom stereocenters. The van der Waals surface area contributed by atoms with E-state index in [1.807, 2.05) is 36.4 Å². The van der Waals surface area contributed by atoms with Gasteiger partial charge in [-0.05, 0) is 36.0 Å². The van der Waals surface area contributed by atoms with Crippen LogP contribution in [0.3, 0.4) is 0 Å². The zero-order chi connectivity index (χ0) is 19.4.